The Labute approximate surface area is 153 Å². The van der Waals surface area contributed by atoms with Crippen molar-refractivity contribution in [3.05, 3.63) is 72.0 Å². The Morgan fingerprint density at radius 2 is 1.74 bits per heavy atom. The average Bonchev–Trinajstić information content (AvgIpc) is 3.07. The van der Waals surface area contributed by atoms with Crippen LogP contribution in [0.4, 0.5) is 18.9 Å². The third kappa shape index (κ3) is 4.69. The van der Waals surface area contributed by atoms with Gasteiger partial charge in [0.2, 0.25) is 0 Å². The first kappa shape index (κ1) is 18.6. The molecule has 0 bridgehead atoms. The number of ether oxygens (including phenoxy) is 1. The molecule has 0 atom stereocenters. The van der Waals surface area contributed by atoms with E-state index in [1.807, 2.05) is 37.3 Å². The Hall–Kier alpha value is -3.22. The maximum Gasteiger partial charge on any atom is 0.573 e. The zero-order chi connectivity index (χ0) is 19.4. The molecule has 0 aliphatic heterocycles. The molecule has 2 aromatic carbocycles. The smallest absolute Gasteiger partial charge is 0.460 e. The number of aryl methyl sites for hydroxylation is 1. The number of carbonyl (C=O) groups is 1. The van der Waals surface area contributed by atoms with Crippen molar-refractivity contribution in [1.82, 2.24) is 0 Å². The van der Waals surface area contributed by atoms with Gasteiger partial charge in [-0.15, -0.1) is 13.2 Å². The van der Waals surface area contributed by atoms with E-state index in [1.54, 1.807) is 6.07 Å². The SMILES string of the molecule is CCc1oc(-c2ccccc2)cc1C(=O)Nc1ccc(OC(F)(F)F)cc1. The summed E-state index contributed by atoms with van der Waals surface area (Å²) in [6.07, 6.45) is -4.24. The van der Waals surface area contributed by atoms with E-state index in [0.29, 0.717) is 29.2 Å². The number of anilines is 1. The van der Waals surface area contributed by atoms with Gasteiger partial charge in [-0.3, -0.25) is 4.79 Å². The van der Waals surface area contributed by atoms with Gasteiger partial charge >= 0.3 is 6.36 Å². The molecule has 0 radical (unpaired) electrons. The number of benzene rings is 2. The Morgan fingerprint density at radius 3 is 2.33 bits per heavy atom. The van der Waals surface area contributed by atoms with Gasteiger partial charge in [0.1, 0.15) is 17.3 Å². The largest absolute Gasteiger partial charge is 0.573 e. The Bertz CT molecular complexity index is 916. The topological polar surface area (TPSA) is 51.5 Å². The maximum atomic E-state index is 12.6. The second-order valence-electron chi connectivity index (χ2n) is 5.69. The molecule has 4 nitrogen and oxygen atoms in total. The first-order chi connectivity index (χ1) is 12.9. The van der Waals surface area contributed by atoms with Crippen molar-refractivity contribution < 1.29 is 27.1 Å². The van der Waals surface area contributed by atoms with Gasteiger partial charge in [-0.05, 0) is 30.3 Å². The van der Waals surface area contributed by atoms with Crippen molar-refractivity contribution in [1.29, 1.82) is 0 Å². The number of halogens is 3. The summed E-state index contributed by atoms with van der Waals surface area (Å²) < 4.78 is 46.2. The van der Waals surface area contributed by atoms with Crippen LogP contribution in [-0.2, 0) is 6.42 Å². The number of furan rings is 1. The van der Waals surface area contributed by atoms with Gasteiger partial charge in [-0.1, -0.05) is 37.3 Å². The lowest BCUT2D eigenvalue weighted by atomic mass is 10.1. The average molecular weight is 375 g/mol. The summed E-state index contributed by atoms with van der Waals surface area (Å²) in [7, 11) is 0. The Morgan fingerprint density at radius 1 is 1.07 bits per heavy atom. The monoisotopic (exact) mass is 375 g/mol. The number of rotatable bonds is 5. The van der Waals surface area contributed by atoms with Crippen molar-refractivity contribution in [3.63, 3.8) is 0 Å². The van der Waals surface area contributed by atoms with Crippen LogP contribution in [0.25, 0.3) is 11.3 Å². The molecular weight excluding hydrogens is 359 g/mol. The molecule has 0 aliphatic carbocycles. The first-order valence-electron chi connectivity index (χ1n) is 8.21. The summed E-state index contributed by atoms with van der Waals surface area (Å²) >= 11 is 0. The summed E-state index contributed by atoms with van der Waals surface area (Å²) in [4.78, 5) is 12.6. The minimum atomic E-state index is -4.76. The predicted molar refractivity (Wildman–Crippen MR) is 94.6 cm³/mol. The lowest BCUT2D eigenvalue weighted by Crippen LogP contribution is -2.17. The van der Waals surface area contributed by atoms with E-state index in [1.165, 1.54) is 12.1 Å². The van der Waals surface area contributed by atoms with Crippen LogP contribution in [0.5, 0.6) is 5.75 Å². The zero-order valence-electron chi connectivity index (χ0n) is 14.3. The molecular formula is C20H16F3NO3. The van der Waals surface area contributed by atoms with E-state index < -0.39 is 12.3 Å². The van der Waals surface area contributed by atoms with Crippen LogP contribution in [0.2, 0.25) is 0 Å². The predicted octanol–water partition coefficient (Wildman–Crippen LogP) is 5.66. The molecule has 0 saturated heterocycles. The summed E-state index contributed by atoms with van der Waals surface area (Å²) in [5, 5.41) is 2.65. The van der Waals surface area contributed by atoms with E-state index >= 15 is 0 Å². The van der Waals surface area contributed by atoms with Crippen molar-refractivity contribution in [2.24, 2.45) is 0 Å². The lowest BCUT2D eigenvalue weighted by Gasteiger charge is -2.09. The number of hydrogen-bond donors (Lipinski definition) is 1. The quantitative estimate of drug-likeness (QED) is 0.626. The highest BCUT2D eigenvalue weighted by atomic mass is 19.4. The summed E-state index contributed by atoms with van der Waals surface area (Å²) in [5.41, 5.74) is 1.57. The van der Waals surface area contributed by atoms with Gasteiger partial charge in [0.25, 0.3) is 5.91 Å². The van der Waals surface area contributed by atoms with E-state index in [0.717, 1.165) is 17.7 Å². The molecule has 0 spiro atoms. The van der Waals surface area contributed by atoms with Gasteiger partial charge in [0.05, 0.1) is 5.56 Å². The molecule has 1 heterocycles. The fourth-order valence-electron chi connectivity index (χ4n) is 2.57. The van der Waals surface area contributed by atoms with Crippen LogP contribution in [0.3, 0.4) is 0 Å². The van der Waals surface area contributed by atoms with E-state index in [4.69, 9.17) is 4.42 Å². The molecule has 0 unspecified atom stereocenters. The second-order valence-corrected chi connectivity index (χ2v) is 5.69. The minimum absolute atomic E-state index is 0.346. The van der Waals surface area contributed by atoms with Crippen molar-refractivity contribution in [2.45, 2.75) is 19.7 Å². The maximum absolute atomic E-state index is 12.6. The van der Waals surface area contributed by atoms with Crippen LogP contribution in [-0.4, -0.2) is 12.3 Å². The van der Waals surface area contributed by atoms with Gasteiger partial charge in [-0.2, -0.15) is 0 Å². The Kier molecular flexibility index (Phi) is 5.21. The van der Waals surface area contributed by atoms with Crippen LogP contribution in [0.15, 0.2) is 65.1 Å². The number of nitrogens with one attached hydrogen (secondary N) is 1. The third-order valence-corrected chi connectivity index (χ3v) is 3.78. The van der Waals surface area contributed by atoms with Crippen LogP contribution in [0.1, 0.15) is 23.0 Å². The highest BCUT2D eigenvalue weighted by Crippen LogP contribution is 2.28. The molecule has 140 valence electrons. The third-order valence-electron chi connectivity index (χ3n) is 3.78. The molecule has 1 aromatic heterocycles. The fourth-order valence-corrected chi connectivity index (χ4v) is 2.57. The van der Waals surface area contributed by atoms with Crippen molar-refractivity contribution in [3.8, 4) is 17.1 Å². The van der Waals surface area contributed by atoms with Crippen molar-refractivity contribution in [2.75, 3.05) is 5.32 Å². The minimum Gasteiger partial charge on any atom is -0.460 e. The highest BCUT2D eigenvalue weighted by molar-refractivity contribution is 6.05. The molecule has 0 fully saturated rings. The molecule has 7 heteroatoms. The molecule has 3 aromatic rings. The molecule has 3 rings (SSSR count). The molecule has 1 N–H and O–H groups in total. The zero-order valence-corrected chi connectivity index (χ0v) is 14.3. The Balaban J connectivity index is 1.77. The first-order valence-corrected chi connectivity index (χ1v) is 8.21. The number of hydrogen-bond acceptors (Lipinski definition) is 3. The molecule has 0 saturated carbocycles. The van der Waals surface area contributed by atoms with Crippen molar-refractivity contribution >= 4 is 11.6 Å². The van der Waals surface area contributed by atoms with Gasteiger partial charge in [0.15, 0.2) is 0 Å². The van der Waals surface area contributed by atoms with Gasteiger partial charge < -0.3 is 14.5 Å². The van der Waals surface area contributed by atoms with E-state index in [2.05, 4.69) is 10.1 Å². The lowest BCUT2D eigenvalue weighted by molar-refractivity contribution is -0.274. The number of alkyl halides is 3. The van der Waals surface area contributed by atoms with Gasteiger partial charge in [-0.25, -0.2) is 0 Å². The molecule has 0 aliphatic rings. The molecule has 1 amide bonds. The van der Waals surface area contributed by atoms with Gasteiger partial charge in [0, 0.05) is 17.7 Å². The number of carbonyl (C=O) groups excluding carboxylic acids is 1. The molecule has 27 heavy (non-hydrogen) atoms. The standard InChI is InChI=1S/C20H16F3NO3/c1-2-17-16(12-18(26-17)13-6-4-3-5-7-13)19(25)24-14-8-10-15(11-9-14)27-20(21,22)23/h3-12H,2H2,1H3,(H,24,25). The van der Waals surface area contributed by atoms with E-state index in [-0.39, 0.29) is 5.75 Å². The highest BCUT2D eigenvalue weighted by Gasteiger charge is 2.31. The van der Waals surface area contributed by atoms with Crippen LogP contribution >= 0.6 is 0 Å². The van der Waals surface area contributed by atoms with Crippen LogP contribution in [0, 0.1) is 0 Å². The second kappa shape index (κ2) is 7.57. The fraction of sp³-hybridized carbons (Fsp3) is 0.150. The van der Waals surface area contributed by atoms with E-state index in [9.17, 15) is 18.0 Å². The van der Waals surface area contributed by atoms with Crippen LogP contribution < -0.4 is 10.1 Å². The number of amides is 1. The summed E-state index contributed by atoms with van der Waals surface area (Å²) in [6, 6.07) is 16.0. The summed E-state index contributed by atoms with van der Waals surface area (Å²) in [6.45, 7) is 1.87. The summed E-state index contributed by atoms with van der Waals surface area (Å²) in [5.74, 6) is 0.349. The normalized spacial score (nSPS) is 11.3.